The van der Waals surface area contributed by atoms with E-state index in [9.17, 15) is 18.0 Å². The molecule has 6 nitrogen and oxygen atoms in total. The molecule has 0 aromatic heterocycles. The first-order chi connectivity index (χ1) is 15.7. The summed E-state index contributed by atoms with van der Waals surface area (Å²) >= 11 is 0. The lowest BCUT2D eigenvalue weighted by Crippen LogP contribution is -2.44. The van der Waals surface area contributed by atoms with E-state index in [0.29, 0.717) is 12.0 Å². The molecule has 1 aliphatic carbocycles. The van der Waals surface area contributed by atoms with Crippen LogP contribution >= 0.6 is 0 Å². The third kappa shape index (κ3) is 3.65. The SMILES string of the molecule is COC(=O)[C@@H]1[C@H]2CC=CC=C[C@@]2(C(C)=O)[C@H](c2ccccc2)N1S(=O)(=O)c1ccc(C)cc1. The van der Waals surface area contributed by atoms with Crippen molar-refractivity contribution in [2.45, 2.75) is 37.2 Å². The molecule has 1 aliphatic heterocycles. The molecule has 2 aromatic rings. The van der Waals surface area contributed by atoms with Gasteiger partial charge in [-0.15, -0.1) is 0 Å². The van der Waals surface area contributed by atoms with E-state index >= 15 is 0 Å². The second kappa shape index (κ2) is 8.72. The molecule has 0 radical (unpaired) electrons. The van der Waals surface area contributed by atoms with E-state index in [0.717, 1.165) is 5.56 Å². The number of benzene rings is 2. The topological polar surface area (TPSA) is 80.8 Å². The van der Waals surface area contributed by atoms with Gasteiger partial charge in [0.2, 0.25) is 10.0 Å². The Morgan fingerprint density at radius 2 is 1.70 bits per heavy atom. The molecule has 1 fully saturated rings. The molecule has 4 atom stereocenters. The minimum atomic E-state index is -4.18. The Morgan fingerprint density at radius 1 is 1.03 bits per heavy atom. The largest absolute Gasteiger partial charge is 0.468 e. The first-order valence-electron chi connectivity index (χ1n) is 10.8. The summed E-state index contributed by atoms with van der Waals surface area (Å²) in [5.74, 6) is -1.50. The quantitative estimate of drug-likeness (QED) is 0.624. The van der Waals surface area contributed by atoms with Gasteiger partial charge in [-0.2, -0.15) is 4.31 Å². The van der Waals surface area contributed by atoms with Crippen LogP contribution in [0.4, 0.5) is 0 Å². The molecule has 172 valence electrons. The zero-order chi connectivity index (χ0) is 23.8. The van der Waals surface area contributed by atoms with E-state index in [1.807, 2.05) is 25.1 Å². The van der Waals surface area contributed by atoms with Crippen molar-refractivity contribution in [3.05, 3.63) is 90.0 Å². The highest BCUT2D eigenvalue weighted by molar-refractivity contribution is 7.89. The van der Waals surface area contributed by atoms with Gasteiger partial charge in [0, 0.05) is 5.92 Å². The van der Waals surface area contributed by atoms with Gasteiger partial charge in [0.15, 0.2) is 0 Å². The van der Waals surface area contributed by atoms with E-state index < -0.39 is 39.4 Å². The molecule has 2 aliphatic rings. The fraction of sp³-hybridized carbons (Fsp3) is 0.308. The van der Waals surface area contributed by atoms with Crippen molar-refractivity contribution in [3.63, 3.8) is 0 Å². The van der Waals surface area contributed by atoms with Crippen LogP contribution < -0.4 is 0 Å². The average Bonchev–Trinajstić information content (AvgIpc) is 2.94. The number of allylic oxidation sites excluding steroid dienone is 3. The van der Waals surface area contributed by atoms with Gasteiger partial charge in [0.25, 0.3) is 0 Å². The van der Waals surface area contributed by atoms with Gasteiger partial charge < -0.3 is 4.74 Å². The molecular formula is C26H27NO5S. The Balaban J connectivity index is 2.05. The van der Waals surface area contributed by atoms with E-state index in [1.54, 1.807) is 48.6 Å². The van der Waals surface area contributed by atoms with Crippen molar-refractivity contribution in [2.75, 3.05) is 7.11 Å². The lowest BCUT2D eigenvalue weighted by molar-refractivity contribution is -0.146. The smallest absolute Gasteiger partial charge is 0.324 e. The summed E-state index contributed by atoms with van der Waals surface area (Å²) < 4.78 is 34.6. The van der Waals surface area contributed by atoms with Crippen molar-refractivity contribution >= 4 is 21.8 Å². The predicted molar refractivity (Wildman–Crippen MR) is 125 cm³/mol. The van der Waals surface area contributed by atoms with Crippen molar-refractivity contribution in [1.82, 2.24) is 4.31 Å². The van der Waals surface area contributed by atoms with Crippen LogP contribution in [-0.2, 0) is 24.3 Å². The minimum Gasteiger partial charge on any atom is -0.468 e. The highest BCUT2D eigenvalue weighted by atomic mass is 32.2. The van der Waals surface area contributed by atoms with E-state index in [-0.39, 0.29) is 10.7 Å². The number of esters is 1. The monoisotopic (exact) mass is 465 g/mol. The summed E-state index contributed by atoms with van der Waals surface area (Å²) in [4.78, 5) is 26.6. The van der Waals surface area contributed by atoms with Gasteiger partial charge in [-0.05, 0) is 38.0 Å². The summed E-state index contributed by atoms with van der Waals surface area (Å²) in [5.41, 5.74) is 0.325. The Bertz CT molecular complexity index is 1220. The Labute approximate surface area is 194 Å². The van der Waals surface area contributed by atoms with E-state index in [4.69, 9.17) is 4.74 Å². The van der Waals surface area contributed by atoms with Crippen LogP contribution in [0, 0.1) is 18.3 Å². The van der Waals surface area contributed by atoms with Crippen LogP contribution in [0.3, 0.4) is 0 Å². The summed E-state index contributed by atoms with van der Waals surface area (Å²) in [6.45, 7) is 3.34. The minimum absolute atomic E-state index is 0.0672. The molecule has 2 aromatic carbocycles. The Morgan fingerprint density at radius 3 is 2.30 bits per heavy atom. The number of aryl methyl sites for hydroxylation is 1. The zero-order valence-corrected chi connectivity index (χ0v) is 19.7. The molecule has 0 spiro atoms. The molecule has 4 rings (SSSR count). The number of fused-ring (bicyclic) bond motifs is 1. The van der Waals surface area contributed by atoms with Crippen molar-refractivity contribution in [2.24, 2.45) is 11.3 Å². The van der Waals surface area contributed by atoms with Crippen LogP contribution in [0.5, 0.6) is 0 Å². The summed E-state index contributed by atoms with van der Waals surface area (Å²) in [6.07, 6.45) is 7.59. The number of rotatable bonds is 5. The number of nitrogens with zero attached hydrogens (tertiary/aromatic N) is 1. The number of hydrogen-bond donors (Lipinski definition) is 0. The standard InChI is InChI=1S/C26H27NO5S/c1-18-13-15-21(16-14-18)33(30,31)27-23(25(29)32-3)22-12-8-5-9-17-26(22,19(2)28)24(27)20-10-6-4-7-11-20/h4-11,13-17,22-24H,12H2,1-3H3/t22-,23+,24+,26+/m1/s1. The zero-order valence-electron chi connectivity index (χ0n) is 18.8. The number of methoxy groups -OCH3 is 1. The van der Waals surface area contributed by atoms with Crippen LogP contribution in [-0.4, -0.2) is 37.6 Å². The van der Waals surface area contributed by atoms with Gasteiger partial charge in [-0.25, -0.2) is 8.42 Å². The van der Waals surface area contributed by atoms with Crippen molar-refractivity contribution < 1.29 is 22.7 Å². The number of sulfonamides is 1. The fourth-order valence-corrected chi connectivity index (χ4v) is 7.04. The number of Topliss-reactive ketones (excluding diaryl/α,β-unsaturated/α-hetero) is 1. The van der Waals surface area contributed by atoms with Crippen LogP contribution in [0.15, 0.2) is 83.8 Å². The number of ether oxygens (including phenoxy) is 1. The van der Waals surface area contributed by atoms with Crippen LogP contribution in [0.2, 0.25) is 0 Å². The third-order valence-electron chi connectivity index (χ3n) is 6.75. The lowest BCUT2D eigenvalue weighted by atomic mass is 9.66. The summed E-state index contributed by atoms with van der Waals surface area (Å²) in [7, 11) is -2.93. The van der Waals surface area contributed by atoms with Crippen LogP contribution in [0.25, 0.3) is 0 Å². The second-order valence-corrected chi connectivity index (χ2v) is 10.4. The van der Waals surface area contributed by atoms with Gasteiger partial charge in [-0.3, -0.25) is 9.59 Å². The van der Waals surface area contributed by atoms with Crippen molar-refractivity contribution in [3.8, 4) is 0 Å². The molecule has 1 saturated heterocycles. The van der Waals surface area contributed by atoms with E-state index in [1.165, 1.54) is 30.5 Å². The molecule has 0 amide bonds. The molecular weight excluding hydrogens is 438 g/mol. The van der Waals surface area contributed by atoms with E-state index in [2.05, 4.69) is 0 Å². The highest BCUT2D eigenvalue weighted by Gasteiger charge is 2.66. The van der Waals surface area contributed by atoms with Gasteiger partial charge in [0.1, 0.15) is 11.8 Å². The Kier molecular flexibility index (Phi) is 6.12. The molecule has 1 heterocycles. The number of carbonyl (C=O) groups excluding carboxylic acids is 2. The average molecular weight is 466 g/mol. The Hall–Kier alpha value is -3.03. The third-order valence-corrected chi connectivity index (χ3v) is 8.61. The number of ketones is 1. The van der Waals surface area contributed by atoms with Gasteiger partial charge in [-0.1, -0.05) is 72.3 Å². The van der Waals surface area contributed by atoms with Gasteiger partial charge in [0.05, 0.1) is 23.5 Å². The summed E-state index contributed by atoms with van der Waals surface area (Å²) in [6, 6.07) is 13.5. The molecule has 33 heavy (non-hydrogen) atoms. The first kappa shape index (κ1) is 23.1. The predicted octanol–water partition coefficient (Wildman–Crippen LogP) is 3.99. The maximum atomic E-state index is 14.1. The first-order valence-corrected chi connectivity index (χ1v) is 12.3. The maximum Gasteiger partial charge on any atom is 0.324 e. The number of hydrogen-bond acceptors (Lipinski definition) is 5. The molecule has 0 bridgehead atoms. The second-order valence-electron chi connectivity index (χ2n) is 8.55. The molecule has 7 heteroatoms. The molecule has 0 saturated carbocycles. The van der Waals surface area contributed by atoms with Gasteiger partial charge >= 0.3 is 5.97 Å². The lowest BCUT2D eigenvalue weighted by Gasteiger charge is -2.36. The number of carbonyl (C=O) groups is 2. The van der Waals surface area contributed by atoms with Crippen molar-refractivity contribution in [1.29, 1.82) is 0 Å². The molecule has 0 unspecified atom stereocenters. The summed E-state index contributed by atoms with van der Waals surface area (Å²) in [5, 5.41) is 0. The normalized spacial score (nSPS) is 27.1. The fourth-order valence-electron chi connectivity index (χ4n) is 5.21. The van der Waals surface area contributed by atoms with Crippen LogP contribution in [0.1, 0.15) is 30.5 Å². The highest BCUT2D eigenvalue weighted by Crippen LogP contribution is 2.59. The maximum absolute atomic E-state index is 14.1. The molecule has 0 N–H and O–H groups in total.